The first-order chi connectivity index (χ1) is 14.8. The van der Waals surface area contributed by atoms with Crippen molar-refractivity contribution in [2.45, 2.75) is 33.1 Å². The van der Waals surface area contributed by atoms with E-state index in [9.17, 15) is 0 Å². The topological polar surface area (TPSA) is 0 Å². The Morgan fingerprint density at radius 1 is 0.484 bits per heavy atom. The Kier molecular flexibility index (Phi) is 4.52. The average Bonchev–Trinajstić information content (AvgIpc) is 2.96. The maximum atomic E-state index is 6.37. The molecule has 0 amide bonds. The second-order valence-corrected chi connectivity index (χ2v) is 9.11. The van der Waals surface area contributed by atoms with Gasteiger partial charge >= 0.3 is 0 Å². The maximum absolute atomic E-state index is 6.37. The van der Waals surface area contributed by atoms with Gasteiger partial charge in [-0.2, -0.15) is 0 Å². The van der Waals surface area contributed by atoms with Crippen molar-refractivity contribution in [3.63, 3.8) is 0 Å². The summed E-state index contributed by atoms with van der Waals surface area (Å²) in [5.74, 6) is 0. The van der Waals surface area contributed by atoms with E-state index < -0.39 is 5.41 Å². The summed E-state index contributed by atoms with van der Waals surface area (Å²) in [6.45, 7) is 8.67. The smallest absolute Gasteiger partial charge is 0.0963 e. The Bertz CT molecular complexity index is 1200. The van der Waals surface area contributed by atoms with E-state index in [2.05, 4.69) is 88.4 Å². The van der Waals surface area contributed by atoms with Crippen molar-refractivity contribution in [3.8, 4) is 11.1 Å². The highest BCUT2D eigenvalue weighted by molar-refractivity contribution is 6.33. The van der Waals surface area contributed by atoms with Crippen molar-refractivity contribution in [1.82, 2.24) is 0 Å². The molecule has 146 valence electrons. The number of benzene rings is 4. The largest absolute Gasteiger partial charge is 0.113 e. The number of rotatable bonds is 2. The molecule has 2 heteroatoms. The average molecular weight is 394 g/mol. The van der Waals surface area contributed by atoms with Gasteiger partial charge in [0.25, 0.3) is 0 Å². The van der Waals surface area contributed by atoms with E-state index in [0.29, 0.717) is 0 Å². The third kappa shape index (κ3) is 3.00. The maximum Gasteiger partial charge on any atom is 0.113 e. The van der Waals surface area contributed by atoms with Gasteiger partial charge in [0.2, 0.25) is 0 Å². The van der Waals surface area contributed by atoms with Gasteiger partial charge < -0.3 is 0 Å². The standard InChI is InChI=1S/C29H24B2/c1-17-9-18(2)12-21(11-17)29(22-13-19(3)10-20(4)14-22)27-15-23(30)5-7-25(27)26-8-6-24(31)16-28(26)29/h5-16H,1-4H3. The zero-order valence-electron chi connectivity index (χ0n) is 18.6. The number of hydrogen-bond donors (Lipinski definition) is 0. The zero-order valence-corrected chi connectivity index (χ0v) is 18.6. The van der Waals surface area contributed by atoms with Crippen LogP contribution >= 0.6 is 0 Å². The summed E-state index contributed by atoms with van der Waals surface area (Å²) in [6, 6.07) is 26.3. The van der Waals surface area contributed by atoms with Crippen LogP contribution in [0.4, 0.5) is 0 Å². The molecule has 0 fully saturated rings. The van der Waals surface area contributed by atoms with Crippen LogP contribution in [0.5, 0.6) is 0 Å². The van der Waals surface area contributed by atoms with Crippen LogP contribution in [-0.4, -0.2) is 15.7 Å². The van der Waals surface area contributed by atoms with Crippen LogP contribution in [0.1, 0.15) is 44.5 Å². The second-order valence-electron chi connectivity index (χ2n) is 9.11. The van der Waals surface area contributed by atoms with Gasteiger partial charge in [0, 0.05) is 0 Å². The monoisotopic (exact) mass is 394 g/mol. The predicted molar refractivity (Wildman–Crippen MR) is 133 cm³/mol. The van der Waals surface area contributed by atoms with Gasteiger partial charge in [0.1, 0.15) is 15.7 Å². The van der Waals surface area contributed by atoms with Crippen molar-refractivity contribution in [2.75, 3.05) is 0 Å². The second kappa shape index (κ2) is 7.02. The fourth-order valence-electron chi connectivity index (χ4n) is 5.53. The van der Waals surface area contributed by atoms with Gasteiger partial charge in [-0.15, -0.1) is 0 Å². The summed E-state index contributed by atoms with van der Waals surface area (Å²) in [4.78, 5) is 0. The molecule has 0 bridgehead atoms. The molecule has 4 radical (unpaired) electrons. The summed E-state index contributed by atoms with van der Waals surface area (Å²) in [6.07, 6.45) is 0. The fraction of sp³-hybridized carbons (Fsp3) is 0.172. The first-order valence-corrected chi connectivity index (χ1v) is 10.8. The van der Waals surface area contributed by atoms with E-state index in [0.717, 1.165) is 10.9 Å². The van der Waals surface area contributed by atoms with Crippen LogP contribution in [0.3, 0.4) is 0 Å². The minimum Gasteiger partial charge on any atom is -0.0963 e. The van der Waals surface area contributed by atoms with Gasteiger partial charge in [-0.1, -0.05) is 106 Å². The Labute approximate surface area is 188 Å². The normalized spacial score (nSPS) is 13.7. The van der Waals surface area contributed by atoms with Crippen molar-refractivity contribution < 1.29 is 0 Å². The molecule has 1 aliphatic carbocycles. The summed E-state index contributed by atoms with van der Waals surface area (Å²) in [7, 11) is 12.7. The lowest BCUT2D eigenvalue weighted by Gasteiger charge is -2.35. The van der Waals surface area contributed by atoms with Gasteiger partial charge in [0.15, 0.2) is 0 Å². The minimum atomic E-state index is -0.469. The Balaban J connectivity index is 2.03. The lowest BCUT2D eigenvalue weighted by molar-refractivity contribution is 0.765. The molecule has 0 heterocycles. The Morgan fingerprint density at radius 3 is 1.19 bits per heavy atom. The molecule has 0 saturated carbocycles. The van der Waals surface area contributed by atoms with E-state index in [1.165, 1.54) is 55.6 Å². The molecule has 31 heavy (non-hydrogen) atoms. The molecule has 4 aromatic carbocycles. The fourth-order valence-corrected chi connectivity index (χ4v) is 5.53. The lowest BCUT2D eigenvalue weighted by atomic mass is 9.65. The van der Waals surface area contributed by atoms with Gasteiger partial charge in [0.05, 0.1) is 5.41 Å². The van der Waals surface area contributed by atoms with E-state index in [1.807, 2.05) is 12.1 Å². The molecule has 0 aliphatic heterocycles. The highest BCUT2D eigenvalue weighted by atomic mass is 14.5. The first kappa shape index (κ1) is 19.9. The van der Waals surface area contributed by atoms with E-state index in [-0.39, 0.29) is 0 Å². The summed E-state index contributed by atoms with van der Waals surface area (Å²) in [5.41, 5.74) is 13.5. The molecule has 0 unspecified atom stereocenters. The first-order valence-electron chi connectivity index (χ1n) is 10.8. The van der Waals surface area contributed by atoms with Crippen molar-refractivity contribution >= 4 is 26.6 Å². The molecular weight excluding hydrogens is 370 g/mol. The molecule has 0 atom stereocenters. The van der Waals surface area contributed by atoms with Crippen LogP contribution in [0.25, 0.3) is 11.1 Å². The third-order valence-corrected chi connectivity index (χ3v) is 6.49. The molecule has 0 N–H and O–H groups in total. The van der Waals surface area contributed by atoms with Crippen molar-refractivity contribution in [1.29, 1.82) is 0 Å². The zero-order chi connectivity index (χ0) is 21.9. The SMILES string of the molecule is [B]c1ccc2c(c1)C(c1cc(C)cc(C)c1)(c1cc(C)cc(C)c1)c1cc([B])ccc1-2. The summed E-state index contributed by atoms with van der Waals surface area (Å²) >= 11 is 0. The minimum absolute atomic E-state index is 0.469. The summed E-state index contributed by atoms with van der Waals surface area (Å²) < 4.78 is 0. The molecule has 1 aliphatic rings. The van der Waals surface area contributed by atoms with Crippen LogP contribution in [0.15, 0.2) is 72.8 Å². The van der Waals surface area contributed by atoms with Crippen molar-refractivity contribution in [2.24, 2.45) is 0 Å². The van der Waals surface area contributed by atoms with Crippen LogP contribution in [-0.2, 0) is 5.41 Å². The molecular formula is C29H24B2. The van der Waals surface area contributed by atoms with E-state index in [4.69, 9.17) is 15.7 Å². The predicted octanol–water partition coefficient (Wildman–Crippen LogP) is 4.87. The molecule has 0 saturated heterocycles. The molecule has 0 nitrogen and oxygen atoms in total. The van der Waals surface area contributed by atoms with Gasteiger partial charge in [-0.3, -0.25) is 0 Å². The molecule has 0 aromatic heterocycles. The quantitative estimate of drug-likeness (QED) is 0.375. The van der Waals surface area contributed by atoms with Crippen LogP contribution in [0, 0.1) is 27.7 Å². The summed E-state index contributed by atoms with van der Waals surface area (Å²) in [5, 5.41) is 0. The van der Waals surface area contributed by atoms with E-state index >= 15 is 0 Å². The van der Waals surface area contributed by atoms with Crippen LogP contribution < -0.4 is 10.9 Å². The Hall–Kier alpha value is -2.99. The number of hydrogen-bond acceptors (Lipinski definition) is 0. The van der Waals surface area contributed by atoms with Crippen molar-refractivity contribution in [3.05, 3.63) is 117 Å². The highest BCUT2D eigenvalue weighted by Gasteiger charge is 2.46. The lowest BCUT2D eigenvalue weighted by Crippen LogP contribution is -2.31. The van der Waals surface area contributed by atoms with Gasteiger partial charge in [-0.25, -0.2) is 0 Å². The van der Waals surface area contributed by atoms with Gasteiger partial charge in [-0.05, 0) is 61.1 Å². The number of aryl methyl sites for hydroxylation is 4. The third-order valence-electron chi connectivity index (χ3n) is 6.49. The molecule has 0 spiro atoms. The molecule has 4 aromatic rings. The van der Waals surface area contributed by atoms with Crippen LogP contribution in [0.2, 0.25) is 0 Å². The Morgan fingerprint density at radius 2 is 0.839 bits per heavy atom. The highest BCUT2D eigenvalue weighted by Crippen LogP contribution is 2.56. The van der Waals surface area contributed by atoms with E-state index in [1.54, 1.807) is 0 Å². The number of fused-ring (bicyclic) bond motifs is 3. The molecule has 5 rings (SSSR count).